The number of nitrogens with one attached hydrogen (secondary N) is 1. The molecule has 2 atom stereocenters. The van der Waals surface area contributed by atoms with Gasteiger partial charge in [0.25, 0.3) is 0 Å². The van der Waals surface area contributed by atoms with E-state index in [2.05, 4.69) is 19.2 Å². The molecule has 16 heavy (non-hydrogen) atoms. The second-order valence-corrected chi connectivity index (χ2v) is 5.79. The van der Waals surface area contributed by atoms with Crippen LogP contribution >= 0.6 is 0 Å². The van der Waals surface area contributed by atoms with E-state index in [4.69, 9.17) is 4.74 Å². The van der Waals surface area contributed by atoms with Crippen LogP contribution in [0.25, 0.3) is 0 Å². The molecule has 0 aromatic heterocycles. The fourth-order valence-corrected chi connectivity index (χ4v) is 3.15. The summed E-state index contributed by atoms with van der Waals surface area (Å²) in [5, 5.41) is 3.68. The Morgan fingerprint density at radius 1 is 0.938 bits per heavy atom. The minimum absolute atomic E-state index is 0.485. The smallest absolute Gasteiger partial charge is 0.0731 e. The molecule has 0 aliphatic heterocycles. The van der Waals surface area contributed by atoms with E-state index in [0.717, 1.165) is 0 Å². The van der Waals surface area contributed by atoms with E-state index in [-0.39, 0.29) is 0 Å². The van der Waals surface area contributed by atoms with Crippen molar-refractivity contribution in [3.05, 3.63) is 0 Å². The van der Waals surface area contributed by atoms with Gasteiger partial charge >= 0.3 is 0 Å². The summed E-state index contributed by atoms with van der Waals surface area (Å²) >= 11 is 0. The third-order valence-corrected chi connectivity index (χ3v) is 3.92. The average Bonchev–Trinajstić information content (AvgIpc) is 2.73. The van der Waals surface area contributed by atoms with Crippen LogP contribution in [-0.2, 0) is 4.74 Å². The van der Waals surface area contributed by atoms with E-state index >= 15 is 0 Å². The van der Waals surface area contributed by atoms with Crippen molar-refractivity contribution >= 4 is 0 Å². The first kappa shape index (κ1) is 12.4. The van der Waals surface area contributed by atoms with Crippen LogP contribution in [0.2, 0.25) is 0 Å². The fourth-order valence-electron chi connectivity index (χ4n) is 3.15. The molecular formula is C14H27NO. The highest BCUT2D eigenvalue weighted by Gasteiger charge is 2.29. The van der Waals surface area contributed by atoms with Gasteiger partial charge in [0.1, 0.15) is 0 Å². The Labute approximate surface area is 100 Å². The van der Waals surface area contributed by atoms with E-state index in [1.807, 2.05) is 0 Å². The monoisotopic (exact) mass is 225 g/mol. The number of ether oxygens (including phenoxy) is 1. The molecular weight excluding hydrogens is 198 g/mol. The van der Waals surface area contributed by atoms with Gasteiger partial charge in [0, 0.05) is 12.1 Å². The van der Waals surface area contributed by atoms with Crippen molar-refractivity contribution in [2.75, 3.05) is 0 Å². The lowest BCUT2D eigenvalue weighted by Crippen LogP contribution is -2.47. The molecule has 0 heterocycles. The van der Waals surface area contributed by atoms with Crippen LogP contribution in [0.15, 0.2) is 0 Å². The summed E-state index contributed by atoms with van der Waals surface area (Å²) < 4.78 is 6.30. The fraction of sp³-hybridized carbons (Fsp3) is 1.00. The molecule has 0 aromatic carbocycles. The van der Waals surface area contributed by atoms with Crippen molar-refractivity contribution in [1.82, 2.24) is 5.32 Å². The van der Waals surface area contributed by atoms with Gasteiger partial charge in [-0.1, -0.05) is 39.5 Å². The molecule has 2 fully saturated rings. The summed E-state index contributed by atoms with van der Waals surface area (Å²) in [6.45, 7) is 4.47. The van der Waals surface area contributed by atoms with E-state index in [9.17, 15) is 0 Å². The molecule has 2 aliphatic rings. The number of hydrogen-bond donors (Lipinski definition) is 1. The molecule has 2 saturated carbocycles. The van der Waals surface area contributed by atoms with Gasteiger partial charge in [-0.2, -0.15) is 0 Å². The lowest BCUT2D eigenvalue weighted by atomic mass is 9.91. The van der Waals surface area contributed by atoms with Crippen LogP contribution < -0.4 is 5.32 Å². The SMILES string of the molecule is CC(C)NC1CCCCC1OC1CCCC1. The van der Waals surface area contributed by atoms with Crippen LogP contribution in [0.3, 0.4) is 0 Å². The second-order valence-electron chi connectivity index (χ2n) is 5.79. The van der Waals surface area contributed by atoms with Crippen LogP contribution in [0.4, 0.5) is 0 Å². The minimum Gasteiger partial charge on any atom is -0.373 e. The van der Waals surface area contributed by atoms with Gasteiger partial charge < -0.3 is 10.1 Å². The first-order chi connectivity index (χ1) is 7.75. The molecule has 0 bridgehead atoms. The normalized spacial score (nSPS) is 32.4. The summed E-state index contributed by atoms with van der Waals surface area (Å²) in [4.78, 5) is 0. The zero-order valence-electron chi connectivity index (χ0n) is 10.9. The van der Waals surface area contributed by atoms with E-state index in [1.54, 1.807) is 0 Å². The molecule has 0 radical (unpaired) electrons. The predicted octanol–water partition coefficient (Wildman–Crippen LogP) is 3.25. The van der Waals surface area contributed by atoms with Crippen molar-refractivity contribution in [1.29, 1.82) is 0 Å². The maximum Gasteiger partial charge on any atom is 0.0731 e. The lowest BCUT2D eigenvalue weighted by molar-refractivity contribution is -0.0447. The van der Waals surface area contributed by atoms with Gasteiger partial charge in [0.05, 0.1) is 12.2 Å². The number of hydrogen-bond acceptors (Lipinski definition) is 2. The Hall–Kier alpha value is -0.0800. The molecule has 0 aromatic rings. The van der Waals surface area contributed by atoms with Gasteiger partial charge in [-0.3, -0.25) is 0 Å². The predicted molar refractivity (Wildman–Crippen MR) is 67.7 cm³/mol. The third kappa shape index (κ3) is 3.46. The molecule has 2 unspecified atom stereocenters. The van der Waals surface area contributed by atoms with Crippen molar-refractivity contribution < 1.29 is 4.74 Å². The maximum absolute atomic E-state index is 6.30. The van der Waals surface area contributed by atoms with Crippen LogP contribution in [0.1, 0.15) is 65.2 Å². The molecule has 94 valence electrons. The second kappa shape index (κ2) is 6.02. The zero-order valence-corrected chi connectivity index (χ0v) is 10.9. The summed E-state index contributed by atoms with van der Waals surface area (Å²) in [6.07, 6.45) is 11.7. The van der Waals surface area contributed by atoms with Crippen LogP contribution in [0.5, 0.6) is 0 Å². The highest BCUT2D eigenvalue weighted by molar-refractivity contribution is 4.84. The molecule has 2 heteroatoms. The minimum atomic E-state index is 0.485. The van der Waals surface area contributed by atoms with Gasteiger partial charge in [-0.25, -0.2) is 0 Å². The first-order valence-electron chi connectivity index (χ1n) is 7.17. The number of rotatable bonds is 4. The zero-order chi connectivity index (χ0) is 11.4. The summed E-state index contributed by atoms with van der Waals surface area (Å²) in [7, 11) is 0. The van der Waals surface area contributed by atoms with E-state index < -0.39 is 0 Å². The Morgan fingerprint density at radius 2 is 1.56 bits per heavy atom. The summed E-state index contributed by atoms with van der Waals surface area (Å²) in [5.41, 5.74) is 0. The van der Waals surface area contributed by atoms with Crippen molar-refractivity contribution in [3.8, 4) is 0 Å². The molecule has 1 N–H and O–H groups in total. The average molecular weight is 225 g/mol. The van der Waals surface area contributed by atoms with Gasteiger partial charge in [-0.05, 0) is 25.7 Å². The van der Waals surface area contributed by atoms with Crippen LogP contribution in [0, 0.1) is 0 Å². The maximum atomic E-state index is 6.30. The van der Waals surface area contributed by atoms with E-state index in [1.165, 1.54) is 51.4 Å². The largest absolute Gasteiger partial charge is 0.373 e. The molecule has 2 rings (SSSR count). The molecule has 2 aliphatic carbocycles. The Bertz CT molecular complexity index is 199. The summed E-state index contributed by atoms with van der Waals surface area (Å²) in [6, 6.07) is 1.19. The third-order valence-electron chi connectivity index (χ3n) is 3.92. The van der Waals surface area contributed by atoms with Gasteiger partial charge in [0.15, 0.2) is 0 Å². The van der Waals surface area contributed by atoms with Gasteiger partial charge in [-0.15, -0.1) is 0 Å². The highest BCUT2D eigenvalue weighted by atomic mass is 16.5. The topological polar surface area (TPSA) is 21.3 Å². The molecule has 0 spiro atoms. The van der Waals surface area contributed by atoms with E-state index in [0.29, 0.717) is 24.3 Å². The molecule has 2 nitrogen and oxygen atoms in total. The van der Waals surface area contributed by atoms with Crippen LogP contribution in [-0.4, -0.2) is 24.3 Å². The quantitative estimate of drug-likeness (QED) is 0.793. The summed E-state index contributed by atoms with van der Waals surface area (Å²) in [5.74, 6) is 0. The Morgan fingerprint density at radius 3 is 2.25 bits per heavy atom. The highest BCUT2D eigenvalue weighted by Crippen LogP contribution is 2.28. The first-order valence-corrected chi connectivity index (χ1v) is 7.17. The van der Waals surface area contributed by atoms with Gasteiger partial charge in [0.2, 0.25) is 0 Å². The van der Waals surface area contributed by atoms with Crippen molar-refractivity contribution in [3.63, 3.8) is 0 Å². The van der Waals surface area contributed by atoms with Crippen molar-refractivity contribution in [2.24, 2.45) is 0 Å². The van der Waals surface area contributed by atoms with Crippen molar-refractivity contribution in [2.45, 2.75) is 89.5 Å². The molecule has 0 amide bonds. The lowest BCUT2D eigenvalue weighted by Gasteiger charge is -2.35. The molecule has 0 saturated heterocycles. The Kier molecular flexibility index (Phi) is 4.66. The standard InChI is InChI=1S/C14H27NO/c1-11(2)15-13-9-5-6-10-14(13)16-12-7-3-4-8-12/h11-15H,3-10H2,1-2H3. The Balaban J connectivity index is 1.83.